The molecular weight excluding hydrogens is 232 g/mol. The van der Waals surface area contributed by atoms with Crippen LogP contribution in [0.25, 0.3) is 0 Å². The van der Waals surface area contributed by atoms with Gasteiger partial charge in [0.15, 0.2) is 0 Å². The summed E-state index contributed by atoms with van der Waals surface area (Å²) in [5.41, 5.74) is 0. The number of fused-ring (bicyclic) bond motifs is 2. The molecule has 4 atom stereocenters. The molecule has 2 aliphatic rings. The summed E-state index contributed by atoms with van der Waals surface area (Å²) in [4.78, 5) is 21.8. The number of carbonyl (C=O) groups excluding carboxylic acids is 2. The zero-order valence-corrected chi connectivity index (χ0v) is 11.2. The number of esters is 2. The minimum Gasteiger partial charge on any atom is -0.466 e. The maximum absolute atomic E-state index is 11.0. The van der Waals surface area contributed by atoms with E-state index in [4.69, 9.17) is 9.47 Å². The second-order valence-electron chi connectivity index (χ2n) is 5.81. The van der Waals surface area contributed by atoms with Gasteiger partial charge in [-0.1, -0.05) is 0 Å². The summed E-state index contributed by atoms with van der Waals surface area (Å²) in [6.07, 6.45) is 5.51. The zero-order chi connectivity index (χ0) is 13.1. The average molecular weight is 254 g/mol. The Morgan fingerprint density at radius 2 is 1.56 bits per heavy atom. The highest BCUT2D eigenvalue weighted by molar-refractivity contribution is 5.66. The van der Waals surface area contributed by atoms with E-state index >= 15 is 0 Å². The first-order valence-corrected chi connectivity index (χ1v) is 6.83. The van der Waals surface area contributed by atoms with Crippen LogP contribution < -0.4 is 0 Å². The summed E-state index contributed by atoms with van der Waals surface area (Å²) >= 11 is 0. The lowest BCUT2D eigenvalue weighted by Gasteiger charge is -2.41. The Morgan fingerprint density at radius 1 is 0.944 bits per heavy atom. The van der Waals surface area contributed by atoms with Gasteiger partial charge in [-0.2, -0.15) is 0 Å². The molecule has 0 saturated heterocycles. The summed E-state index contributed by atoms with van der Waals surface area (Å²) in [6.45, 7) is 3.49. The highest BCUT2D eigenvalue weighted by Gasteiger charge is 2.37. The Kier molecular flexibility index (Phi) is 4.25. The van der Waals surface area contributed by atoms with Crippen molar-refractivity contribution in [2.24, 2.45) is 17.8 Å². The third-order valence-corrected chi connectivity index (χ3v) is 4.05. The maximum Gasteiger partial charge on any atom is 0.302 e. The van der Waals surface area contributed by atoms with Gasteiger partial charge in [-0.25, -0.2) is 0 Å². The van der Waals surface area contributed by atoms with E-state index in [0.29, 0.717) is 24.4 Å². The topological polar surface area (TPSA) is 52.6 Å². The van der Waals surface area contributed by atoms with Gasteiger partial charge < -0.3 is 9.47 Å². The van der Waals surface area contributed by atoms with E-state index in [1.807, 2.05) is 0 Å². The molecule has 0 spiro atoms. The molecule has 0 aromatic carbocycles. The average Bonchev–Trinajstić information content (AvgIpc) is 2.24. The van der Waals surface area contributed by atoms with Crippen LogP contribution in [0.1, 0.15) is 46.0 Å². The molecule has 0 N–H and O–H groups in total. The fraction of sp³-hybridized carbons (Fsp3) is 0.857. The van der Waals surface area contributed by atoms with E-state index in [-0.39, 0.29) is 18.0 Å². The lowest BCUT2D eigenvalue weighted by molar-refractivity contribution is -0.152. The zero-order valence-electron chi connectivity index (χ0n) is 11.2. The molecule has 2 fully saturated rings. The molecule has 2 aliphatic carbocycles. The van der Waals surface area contributed by atoms with E-state index in [2.05, 4.69) is 0 Å². The Bertz CT molecular complexity index is 312. The first-order valence-electron chi connectivity index (χ1n) is 6.83. The summed E-state index contributed by atoms with van der Waals surface area (Å²) in [7, 11) is 0. The molecule has 2 unspecified atom stereocenters. The van der Waals surface area contributed by atoms with Crippen LogP contribution in [-0.2, 0) is 19.1 Å². The van der Waals surface area contributed by atoms with Gasteiger partial charge in [-0.15, -0.1) is 0 Å². The van der Waals surface area contributed by atoms with Crippen LogP contribution in [0.3, 0.4) is 0 Å². The smallest absolute Gasteiger partial charge is 0.302 e. The van der Waals surface area contributed by atoms with E-state index in [1.165, 1.54) is 20.3 Å². The number of ether oxygens (including phenoxy) is 2. The van der Waals surface area contributed by atoms with Gasteiger partial charge in [0.05, 0.1) is 6.61 Å². The molecule has 102 valence electrons. The minimum absolute atomic E-state index is 0.112. The van der Waals surface area contributed by atoms with Crippen LogP contribution in [-0.4, -0.2) is 24.6 Å². The fourth-order valence-electron chi connectivity index (χ4n) is 3.63. The molecular formula is C14H22O4. The predicted molar refractivity (Wildman–Crippen MR) is 65.7 cm³/mol. The van der Waals surface area contributed by atoms with Crippen molar-refractivity contribution < 1.29 is 19.1 Å². The molecule has 4 nitrogen and oxygen atoms in total. The number of hydrogen-bond donors (Lipinski definition) is 0. The van der Waals surface area contributed by atoms with Crippen molar-refractivity contribution >= 4 is 11.9 Å². The van der Waals surface area contributed by atoms with Crippen molar-refractivity contribution in [1.82, 2.24) is 0 Å². The standard InChI is InChI=1S/C14H22O4/c1-9(15)17-8-13-4-11-3-12(5-13)7-14(6-11)18-10(2)16/h11-14H,3-8H2,1-2H3/t11-,12+,13?,14?. The third-order valence-electron chi connectivity index (χ3n) is 4.05. The van der Waals surface area contributed by atoms with Crippen LogP contribution >= 0.6 is 0 Å². The summed E-state index contributed by atoms with van der Waals surface area (Å²) in [6, 6.07) is 0. The normalized spacial score (nSPS) is 34.8. The van der Waals surface area contributed by atoms with E-state index in [0.717, 1.165) is 25.7 Å². The Labute approximate surface area is 108 Å². The largest absolute Gasteiger partial charge is 0.466 e. The van der Waals surface area contributed by atoms with Crippen molar-refractivity contribution in [3.8, 4) is 0 Å². The van der Waals surface area contributed by atoms with Crippen molar-refractivity contribution in [2.75, 3.05) is 6.61 Å². The summed E-state index contributed by atoms with van der Waals surface area (Å²) in [5, 5.41) is 0. The number of carbonyl (C=O) groups is 2. The van der Waals surface area contributed by atoms with Crippen LogP contribution in [0.5, 0.6) is 0 Å². The fourth-order valence-corrected chi connectivity index (χ4v) is 3.63. The van der Waals surface area contributed by atoms with Crippen LogP contribution in [0.4, 0.5) is 0 Å². The second kappa shape index (κ2) is 5.72. The maximum atomic E-state index is 11.0. The number of rotatable bonds is 3. The van der Waals surface area contributed by atoms with Gasteiger partial charge in [0, 0.05) is 13.8 Å². The molecule has 0 aliphatic heterocycles. The Balaban J connectivity index is 1.83. The van der Waals surface area contributed by atoms with Crippen LogP contribution in [0.15, 0.2) is 0 Å². The summed E-state index contributed by atoms with van der Waals surface area (Å²) in [5.74, 6) is 1.39. The highest BCUT2D eigenvalue weighted by Crippen LogP contribution is 2.43. The molecule has 2 bridgehead atoms. The van der Waals surface area contributed by atoms with Crippen molar-refractivity contribution in [2.45, 2.75) is 52.1 Å². The van der Waals surface area contributed by atoms with Crippen molar-refractivity contribution in [1.29, 1.82) is 0 Å². The van der Waals surface area contributed by atoms with Gasteiger partial charge in [0.1, 0.15) is 6.10 Å². The Morgan fingerprint density at radius 3 is 2.06 bits per heavy atom. The van der Waals surface area contributed by atoms with Crippen molar-refractivity contribution in [3.63, 3.8) is 0 Å². The SMILES string of the molecule is CC(=O)OCC1C[C@@H]2CC(OC(C)=O)C[C@H](C1)C2. The number of hydrogen-bond acceptors (Lipinski definition) is 4. The van der Waals surface area contributed by atoms with E-state index in [9.17, 15) is 9.59 Å². The lowest BCUT2D eigenvalue weighted by atomic mass is 9.67. The van der Waals surface area contributed by atoms with Gasteiger partial charge >= 0.3 is 11.9 Å². The molecule has 4 heteroatoms. The third kappa shape index (κ3) is 3.72. The first-order chi connectivity index (χ1) is 8.52. The summed E-state index contributed by atoms with van der Waals surface area (Å²) < 4.78 is 10.5. The Hall–Kier alpha value is -1.06. The van der Waals surface area contributed by atoms with Gasteiger partial charge in [0.25, 0.3) is 0 Å². The van der Waals surface area contributed by atoms with Crippen LogP contribution in [0, 0.1) is 17.8 Å². The quantitative estimate of drug-likeness (QED) is 0.725. The van der Waals surface area contributed by atoms with Gasteiger partial charge in [0.2, 0.25) is 0 Å². The van der Waals surface area contributed by atoms with Crippen molar-refractivity contribution in [3.05, 3.63) is 0 Å². The lowest BCUT2D eigenvalue weighted by Crippen LogP contribution is -2.36. The molecule has 0 aromatic rings. The monoisotopic (exact) mass is 254 g/mol. The molecule has 2 saturated carbocycles. The molecule has 0 radical (unpaired) electrons. The molecule has 2 rings (SSSR count). The second-order valence-corrected chi connectivity index (χ2v) is 5.81. The molecule has 18 heavy (non-hydrogen) atoms. The highest BCUT2D eigenvalue weighted by atomic mass is 16.5. The van der Waals surface area contributed by atoms with Gasteiger partial charge in [-0.05, 0) is 49.9 Å². The van der Waals surface area contributed by atoms with E-state index < -0.39 is 0 Å². The molecule has 0 amide bonds. The molecule has 0 aromatic heterocycles. The van der Waals surface area contributed by atoms with E-state index in [1.54, 1.807) is 0 Å². The first kappa shape index (κ1) is 13.4. The van der Waals surface area contributed by atoms with Gasteiger partial charge in [-0.3, -0.25) is 9.59 Å². The predicted octanol–water partition coefficient (Wildman–Crippen LogP) is 2.31. The van der Waals surface area contributed by atoms with Crippen LogP contribution in [0.2, 0.25) is 0 Å². The molecule has 0 heterocycles. The minimum atomic E-state index is -0.191.